The van der Waals surface area contributed by atoms with Gasteiger partial charge >= 0.3 is 5.97 Å². The first-order chi connectivity index (χ1) is 10.6. The average Bonchev–Trinajstić information content (AvgIpc) is 2.42. The van der Waals surface area contributed by atoms with Crippen molar-refractivity contribution in [3.05, 3.63) is 0 Å². The van der Waals surface area contributed by atoms with Crippen LogP contribution >= 0.6 is 0 Å². The number of nitrogens with two attached hydrogens (primary N) is 5. The second-order valence-electron chi connectivity index (χ2n) is 5.04. The van der Waals surface area contributed by atoms with Crippen molar-refractivity contribution in [3.63, 3.8) is 0 Å². The highest BCUT2D eigenvalue weighted by atomic mass is 16.6. The fraction of sp³-hybridized carbons (Fsp3) is 0.667. The first kappa shape index (κ1) is 20.8. The summed E-state index contributed by atoms with van der Waals surface area (Å²) in [7, 11) is 0. The normalized spacial score (nSPS) is 16.0. The molecule has 0 fully saturated rings. The summed E-state index contributed by atoms with van der Waals surface area (Å²) in [6.45, 7) is 0.408. The van der Waals surface area contributed by atoms with Gasteiger partial charge in [-0.2, -0.15) is 0 Å². The molecule has 0 aromatic rings. The summed E-state index contributed by atoms with van der Waals surface area (Å²) in [5.41, 5.74) is 22.9. The van der Waals surface area contributed by atoms with E-state index in [1.807, 2.05) is 0 Å². The smallest absolute Gasteiger partial charge is 0.323 e. The van der Waals surface area contributed by atoms with E-state index >= 15 is 0 Å². The highest BCUT2D eigenvalue weighted by molar-refractivity contribution is 5.97. The number of hydrogen-bond donors (Lipinski definition) is 6. The maximum atomic E-state index is 11.8. The third-order valence-electron chi connectivity index (χ3n) is 3.07. The van der Waals surface area contributed by atoms with Crippen molar-refractivity contribution in [1.82, 2.24) is 0 Å². The van der Waals surface area contributed by atoms with E-state index in [1.165, 1.54) is 0 Å². The Hall–Kier alpha value is -2.24. The van der Waals surface area contributed by atoms with Gasteiger partial charge in [-0.1, -0.05) is 6.42 Å². The van der Waals surface area contributed by atoms with Crippen LogP contribution in [-0.4, -0.2) is 53.1 Å². The Balaban J connectivity index is 5.16. The number of amides is 3. The molecule has 11 nitrogen and oxygen atoms in total. The molecule has 0 saturated carbocycles. The largest absolute Gasteiger partial charge is 0.447 e. The standard InChI is InChI=1S/C12H23N5O6/c13-4-2-1-3-6(14)10(20)23-8(9(16)19)12(22,11(17)21)5-7(15)18/h6,8,22H,1-5,13-14H2,(H2,15,18)(H2,16,19)(H2,17,21). The van der Waals surface area contributed by atoms with Crippen LogP contribution in [-0.2, 0) is 23.9 Å². The number of unbranched alkanes of at least 4 members (excludes halogenated alkanes) is 1. The molecule has 3 atom stereocenters. The summed E-state index contributed by atoms with van der Waals surface area (Å²) in [6, 6.07) is -1.13. The predicted octanol–water partition coefficient (Wildman–Crippen LogP) is -4.07. The van der Waals surface area contributed by atoms with Crippen molar-refractivity contribution >= 4 is 23.7 Å². The SMILES string of the molecule is NCCCCC(N)C(=O)OC(C(N)=O)C(O)(CC(N)=O)C(N)=O. The number of hydrogen-bond acceptors (Lipinski definition) is 8. The number of ether oxygens (including phenoxy) is 1. The first-order valence-electron chi connectivity index (χ1n) is 6.82. The summed E-state index contributed by atoms with van der Waals surface area (Å²) in [5.74, 6) is -5.12. The third-order valence-corrected chi connectivity index (χ3v) is 3.07. The minimum atomic E-state index is -2.86. The van der Waals surface area contributed by atoms with Gasteiger partial charge in [-0.3, -0.25) is 19.2 Å². The van der Waals surface area contributed by atoms with Crippen molar-refractivity contribution in [2.24, 2.45) is 28.7 Å². The Labute approximate surface area is 132 Å². The topological polar surface area (TPSA) is 228 Å². The molecule has 0 aliphatic rings. The molecule has 0 aromatic carbocycles. The predicted molar refractivity (Wildman–Crippen MR) is 77.9 cm³/mol. The van der Waals surface area contributed by atoms with Crippen LogP contribution in [0.2, 0.25) is 0 Å². The molecule has 11 N–H and O–H groups in total. The fourth-order valence-electron chi connectivity index (χ4n) is 1.80. The molecule has 0 saturated heterocycles. The van der Waals surface area contributed by atoms with E-state index < -0.39 is 47.9 Å². The lowest BCUT2D eigenvalue weighted by molar-refractivity contribution is -0.179. The Morgan fingerprint density at radius 1 is 1.09 bits per heavy atom. The van der Waals surface area contributed by atoms with Crippen LogP contribution in [0.3, 0.4) is 0 Å². The molecule has 0 aliphatic heterocycles. The number of esters is 1. The second-order valence-corrected chi connectivity index (χ2v) is 5.04. The molecule has 0 heterocycles. The van der Waals surface area contributed by atoms with Crippen LogP contribution in [0, 0.1) is 0 Å². The highest BCUT2D eigenvalue weighted by Crippen LogP contribution is 2.19. The molecule has 23 heavy (non-hydrogen) atoms. The summed E-state index contributed by atoms with van der Waals surface area (Å²) < 4.78 is 4.70. The highest BCUT2D eigenvalue weighted by Gasteiger charge is 2.50. The van der Waals surface area contributed by atoms with Gasteiger partial charge in [0.15, 0.2) is 5.60 Å². The molecular weight excluding hydrogens is 310 g/mol. The molecule has 11 heteroatoms. The van der Waals surface area contributed by atoms with Crippen LogP contribution in [0.1, 0.15) is 25.7 Å². The Bertz CT molecular complexity index is 471. The summed E-state index contributed by atoms with van der Waals surface area (Å²) >= 11 is 0. The van der Waals surface area contributed by atoms with Crippen LogP contribution in [0.25, 0.3) is 0 Å². The summed E-state index contributed by atoms with van der Waals surface area (Å²) in [5, 5.41) is 10.1. The zero-order valence-electron chi connectivity index (χ0n) is 12.6. The van der Waals surface area contributed by atoms with Crippen LogP contribution in [0.4, 0.5) is 0 Å². The number of carbonyl (C=O) groups excluding carboxylic acids is 4. The lowest BCUT2D eigenvalue weighted by atomic mass is 9.90. The molecular formula is C12H23N5O6. The Morgan fingerprint density at radius 2 is 1.65 bits per heavy atom. The molecule has 0 radical (unpaired) electrons. The van der Waals surface area contributed by atoms with Crippen LogP contribution in [0.15, 0.2) is 0 Å². The van der Waals surface area contributed by atoms with Gasteiger partial charge in [0.25, 0.3) is 11.8 Å². The van der Waals surface area contributed by atoms with Gasteiger partial charge in [0, 0.05) is 0 Å². The van der Waals surface area contributed by atoms with Crippen LogP contribution < -0.4 is 28.7 Å². The molecule has 3 unspecified atom stereocenters. The second kappa shape index (κ2) is 9.02. The number of aliphatic hydroxyl groups is 1. The van der Waals surface area contributed by atoms with Gasteiger partial charge < -0.3 is 38.5 Å². The molecule has 0 aromatic heterocycles. The zero-order chi connectivity index (χ0) is 18.2. The molecule has 3 amide bonds. The minimum Gasteiger partial charge on any atom is -0.447 e. The Kier molecular flexibility index (Phi) is 8.15. The van der Waals surface area contributed by atoms with Gasteiger partial charge in [0.2, 0.25) is 12.0 Å². The van der Waals surface area contributed by atoms with E-state index in [0.717, 1.165) is 0 Å². The molecule has 0 aliphatic carbocycles. The third kappa shape index (κ3) is 6.18. The number of rotatable bonds is 11. The minimum absolute atomic E-state index is 0.201. The average molecular weight is 333 g/mol. The summed E-state index contributed by atoms with van der Waals surface area (Å²) in [6.07, 6.45) is -1.90. The van der Waals surface area contributed by atoms with Gasteiger partial charge in [0.05, 0.1) is 6.42 Å². The van der Waals surface area contributed by atoms with Gasteiger partial charge in [-0.25, -0.2) is 0 Å². The van der Waals surface area contributed by atoms with E-state index in [2.05, 4.69) is 0 Å². The van der Waals surface area contributed by atoms with E-state index in [0.29, 0.717) is 19.4 Å². The van der Waals surface area contributed by atoms with Crippen molar-refractivity contribution in [2.75, 3.05) is 6.54 Å². The fourth-order valence-corrected chi connectivity index (χ4v) is 1.80. The van der Waals surface area contributed by atoms with Crippen LogP contribution in [0.5, 0.6) is 0 Å². The zero-order valence-corrected chi connectivity index (χ0v) is 12.6. The van der Waals surface area contributed by atoms with E-state index in [-0.39, 0.29) is 6.42 Å². The molecule has 0 spiro atoms. The quantitative estimate of drug-likeness (QED) is 0.160. The van der Waals surface area contributed by atoms with E-state index in [4.69, 9.17) is 33.4 Å². The monoisotopic (exact) mass is 333 g/mol. The van der Waals surface area contributed by atoms with Crippen molar-refractivity contribution in [3.8, 4) is 0 Å². The summed E-state index contributed by atoms with van der Waals surface area (Å²) in [4.78, 5) is 45.6. The number of carbonyl (C=O) groups is 4. The molecule has 0 bridgehead atoms. The number of primary amides is 3. The van der Waals surface area contributed by atoms with Gasteiger partial charge in [-0.05, 0) is 19.4 Å². The van der Waals surface area contributed by atoms with Gasteiger partial charge in [0.1, 0.15) is 6.04 Å². The van der Waals surface area contributed by atoms with E-state index in [1.54, 1.807) is 0 Å². The molecule has 132 valence electrons. The first-order valence-corrected chi connectivity index (χ1v) is 6.82. The van der Waals surface area contributed by atoms with Crippen molar-refractivity contribution in [1.29, 1.82) is 0 Å². The van der Waals surface area contributed by atoms with Crippen molar-refractivity contribution < 1.29 is 29.0 Å². The van der Waals surface area contributed by atoms with E-state index in [9.17, 15) is 24.3 Å². The lowest BCUT2D eigenvalue weighted by Crippen LogP contribution is -2.61. The molecule has 0 rings (SSSR count). The lowest BCUT2D eigenvalue weighted by Gasteiger charge is -2.30. The maximum absolute atomic E-state index is 11.8. The van der Waals surface area contributed by atoms with Gasteiger partial charge in [-0.15, -0.1) is 0 Å². The Morgan fingerprint density at radius 3 is 2.04 bits per heavy atom. The maximum Gasteiger partial charge on any atom is 0.323 e. The van der Waals surface area contributed by atoms with Crippen molar-refractivity contribution in [2.45, 2.75) is 43.4 Å².